The van der Waals surface area contributed by atoms with Gasteiger partial charge in [0.25, 0.3) is 5.95 Å². The van der Waals surface area contributed by atoms with Gasteiger partial charge in [-0.1, -0.05) is 0 Å². The van der Waals surface area contributed by atoms with Crippen molar-refractivity contribution in [2.75, 3.05) is 0 Å². The van der Waals surface area contributed by atoms with Crippen molar-refractivity contribution in [2.45, 2.75) is 0 Å². The van der Waals surface area contributed by atoms with Crippen LogP contribution in [0.2, 0.25) is 0 Å². The van der Waals surface area contributed by atoms with Crippen LogP contribution in [0.25, 0.3) is 5.95 Å². The van der Waals surface area contributed by atoms with Crippen molar-refractivity contribution in [1.29, 1.82) is 0 Å². The smallest absolute Gasteiger partial charge is 0.342 e. The predicted molar refractivity (Wildman–Crippen MR) is 45.6 cm³/mol. The number of hydrogen-bond acceptors (Lipinski definition) is 6. The van der Waals surface area contributed by atoms with E-state index in [9.17, 15) is 9.90 Å². The Kier molecular flexibility index (Phi) is 2.01. The number of rotatable bonds is 2. The van der Waals surface area contributed by atoms with Crippen molar-refractivity contribution >= 4 is 5.97 Å². The highest BCUT2D eigenvalue weighted by atomic mass is 16.4. The van der Waals surface area contributed by atoms with Gasteiger partial charge in [-0.3, -0.25) is 0 Å². The number of hydrogen-bond donors (Lipinski definition) is 2. The monoisotopic (exact) mass is 207 g/mol. The van der Waals surface area contributed by atoms with Crippen LogP contribution < -0.4 is 0 Å². The lowest BCUT2D eigenvalue weighted by Gasteiger charge is -2.00. The molecule has 0 radical (unpaired) electrons. The molecule has 0 saturated carbocycles. The Bertz CT molecular complexity index is 495. The topological polar surface area (TPSA) is 114 Å². The van der Waals surface area contributed by atoms with Gasteiger partial charge in [0.2, 0.25) is 5.88 Å². The largest absolute Gasteiger partial charge is 0.493 e. The van der Waals surface area contributed by atoms with E-state index in [-0.39, 0.29) is 11.5 Å². The third kappa shape index (κ3) is 1.59. The fourth-order valence-corrected chi connectivity index (χ4v) is 0.937. The summed E-state index contributed by atoms with van der Waals surface area (Å²) in [5.41, 5.74) is -0.362. The fraction of sp³-hybridized carbons (Fsp3) is 0. The Balaban J connectivity index is 2.47. The Labute approximate surface area is 82.9 Å². The number of nitrogens with zero attached hydrogens (tertiary/aromatic N) is 5. The highest BCUT2D eigenvalue weighted by Gasteiger charge is 2.13. The molecule has 15 heavy (non-hydrogen) atoms. The molecule has 0 aliphatic heterocycles. The summed E-state index contributed by atoms with van der Waals surface area (Å²) in [5, 5.41) is 21.6. The van der Waals surface area contributed by atoms with E-state index in [4.69, 9.17) is 5.11 Å². The molecule has 2 N–H and O–H groups in total. The number of aromatic hydroxyl groups is 1. The zero-order chi connectivity index (χ0) is 10.8. The van der Waals surface area contributed by atoms with Gasteiger partial charge < -0.3 is 10.2 Å². The van der Waals surface area contributed by atoms with Gasteiger partial charge >= 0.3 is 5.97 Å². The molecule has 0 atom stereocenters. The molecule has 0 spiro atoms. The number of carboxylic acid groups (broad SMARTS) is 1. The van der Waals surface area contributed by atoms with E-state index in [2.05, 4.69) is 20.1 Å². The van der Waals surface area contributed by atoms with Gasteiger partial charge in [-0.25, -0.2) is 14.8 Å². The zero-order valence-corrected chi connectivity index (χ0v) is 7.27. The van der Waals surface area contributed by atoms with Crippen LogP contribution in [0.5, 0.6) is 5.88 Å². The maximum atomic E-state index is 10.5. The summed E-state index contributed by atoms with van der Waals surface area (Å²) in [6.45, 7) is 0. The molecular formula is C7H5N5O3. The van der Waals surface area contributed by atoms with E-state index in [1.807, 2.05) is 0 Å². The van der Waals surface area contributed by atoms with Crippen molar-refractivity contribution in [1.82, 2.24) is 24.7 Å². The van der Waals surface area contributed by atoms with Gasteiger partial charge in [0.15, 0.2) is 0 Å². The summed E-state index contributed by atoms with van der Waals surface area (Å²) in [4.78, 5) is 21.5. The highest BCUT2D eigenvalue weighted by Crippen LogP contribution is 2.13. The van der Waals surface area contributed by atoms with Crippen molar-refractivity contribution in [3.63, 3.8) is 0 Å². The molecule has 2 aromatic rings. The Morgan fingerprint density at radius 3 is 2.80 bits per heavy atom. The van der Waals surface area contributed by atoms with Crippen LogP contribution in [0.3, 0.4) is 0 Å². The van der Waals surface area contributed by atoms with Crippen LogP contribution in [0.15, 0.2) is 18.9 Å². The summed E-state index contributed by atoms with van der Waals surface area (Å²) in [7, 11) is 0. The van der Waals surface area contributed by atoms with Gasteiger partial charge in [0.1, 0.15) is 18.2 Å². The van der Waals surface area contributed by atoms with Gasteiger partial charge in [0, 0.05) is 0 Å². The van der Waals surface area contributed by atoms with E-state index in [1.165, 1.54) is 17.3 Å². The van der Waals surface area contributed by atoms with Gasteiger partial charge in [-0.15, -0.1) is 0 Å². The van der Waals surface area contributed by atoms with Crippen molar-refractivity contribution in [3.05, 3.63) is 24.4 Å². The lowest BCUT2D eigenvalue weighted by atomic mass is 10.3. The maximum Gasteiger partial charge on any atom is 0.342 e. The minimum atomic E-state index is -1.29. The average molecular weight is 207 g/mol. The maximum absolute atomic E-state index is 10.5. The minimum Gasteiger partial charge on any atom is -0.493 e. The first-order valence-corrected chi connectivity index (χ1v) is 3.83. The predicted octanol–water partition coefficient (Wildman–Crippen LogP) is -0.539. The molecule has 0 aliphatic carbocycles. The van der Waals surface area contributed by atoms with E-state index in [0.717, 1.165) is 6.20 Å². The van der Waals surface area contributed by atoms with E-state index in [0.29, 0.717) is 0 Å². The molecule has 0 bridgehead atoms. The van der Waals surface area contributed by atoms with Crippen LogP contribution in [-0.4, -0.2) is 40.9 Å². The number of aromatic carboxylic acids is 1. The second-order valence-corrected chi connectivity index (χ2v) is 2.55. The van der Waals surface area contributed by atoms with Crippen LogP contribution in [0.4, 0.5) is 0 Å². The molecule has 0 saturated heterocycles. The quantitative estimate of drug-likeness (QED) is 0.679. The summed E-state index contributed by atoms with van der Waals surface area (Å²) in [6.07, 6.45) is 3.60. The Morgan fingerprint density at radius 1 is 1.47 bits per heavy atom. The standard InChI is InChI=1S/C7H5N5O3/c13-5-4(6(14)15)1-9-7(11-5)12-3-8-2-10-12/h1-3H,(H,14,15)(H,9,11,13). The first-order valence-electron chi connectivity index (χ1n) is 3.83. The minimum absolute atomic E-state index is 0.0509. The van der Waals surface area contributed by atoms with Crippen molar-refractivity contribution in [2.24, 2.45) is 0 Å². The van der Waals surface area contributed by atoms with Crippen LogP contribution in [-0.2, 0) is 0 Å². The molecule has 8 heteroatoms. The number of carboxylic acids is 1. The Hall–Kier alpha value is -2.51. The van der Waals surface area contributed by atoms with E-state index in [1.54, 1.807) is 0 Å². The van der Waals surface area contributed by atoms with Crippen molar-refractivity contribution in [3.8, 4) is 11.8 Å². The molecular weight excluding hydrogens is 202 g/mol. The summed E-state index contributed by atoms with van der Waals surface area (Å²) >= 11 is 0. The molecule has 0 amide bonds. The van der Waals surface area contributed by atoms with Crippen LogP contribution in [0, 0.1) is 0 Å². The molecule has 2 heterocycles. The SMILES string of the molecule is O=C(O)c1cnc(-n2cncn2)nc1O. The second kappa shape index (κ2) is 3.33. The van der Waals surface area contributed by atoms with Crippen LogP contribution in [0.1, 0.15) is 10.4 Å². The normalized spacial score (nSPS) is 10.1. The zero-order valence-electron chi connectivity index (χ0n) is 7.27. The summed E-state index contributed by atoms with van der Waals surface area (Å²) < 4.78 is 1.20. The molecule has 8 nitrogen and oxygen atoms in total. The first-order chi connectivity index (χ1) is 7.18. The van der Waals surface area contributed by atoms with E-state index >= 15 is 0 Å². The van der Waals surface area contributed by atoms with Crippen LogP contribution >= 0.6 is 0 Å². The summed E-state index contributed by atoms with van der Waals surface area (Å²) in [6, 6.07) is 0. The summed E-state index contributed by atoms with van der Waals surface area (Å²) in [5.74, 6) is -1.85. The van der Waals surface area contributed by atoms with Gasteiger partial charge in [-0.2, -0.15) is 14.8 Å². The molecule has 0 fully saturated rings. The molecule has 0 aromatic carbocycles. The van der Waals surface area contributed by atoms with Crippen molar-refractivity contribution < 1.29 is 15.0 Å². The second-order valence-electron chi connectivity index (χ2n) is 2.55. The number of aromatic nitrogens is 5. The van der Waals surface area contributed by atoms with E-state index < -0.39 is 11.8 Å². The molecule has 76 valence electrons. The lowest BCUT2D eigenvalue weighted by molar-refractivity contribution is 0.0692. The third-order valence-corrected chi connectivity index (χ3v) is 1.61. The van der Waals surface area contributed by atoms with Gasteiger partial charge in [-0.05, 0) is 0 Å². The van der Waals surface area contributed by atoms with Gasteiger partial charge in [0.05, 0.1) is 6.20 Å². The molecule has 0 aliphatic rings. The first kappa shape index (κ1) is 9.06. The third-order valence-electron chi connectivity index (χ3n) is 1.61. The average Bonchev–Trinajstić information content (AvgIpc) is 2.69. The molecule has 2 aromatic heterocycles. The number of carbonyl (C=O) groups is 1. The highest BCUT2D eigenvalue weighted by molar-refractivity contribution is 5.89. The fourth-order valence-electron chi connectivity index (χ4n) is 0.937. The lowest BCUT2D eigenvalue weighted by Crippen LogP contribution is -2.05. The Morgan fingerprint density at radius 2 is 2.27 bits per heavy atom. The molecule has 0 unspecified atom stereocenters. The molecule has 2 rings (SSSR count).